The maximum Gasteiger partial charge on any atom is 0.317 e. The summed E-state index contributed by atoms with van der Waals surface area (Å²) in [4.78, 5) is 13.4. The Morgan fingerprint density at radius 1 is 1.50 bits per heavy atom. The Morgan fingerprint density at radius 3 is 2.62 bits per heavy atom. The molecule has 0 saturated carbocycles. The molecule has 1 aliphatic rings. The first-order valence-electron chi connectivity index (χ1n) is 5.77. The molecule has 2 N–H and O–H groups in total. The Labute approximate surface area is 96.8 Å². The molecule has 1 heterocycles. The smallest absolute Gasteiger partial charge is 0.317 e. The number of carbonyl (C=O) groups excluding carboxylic acids is 1. The second-order valence-corrected chi connectivity index (χ2v) is 4.74. The fraction of sp³-hybridized carbons (Fsp3) is 0.909. The molecular formula is C11H22N2O3. The Balaban J connectivity index is 2.52. The molecule has 5 nitrogen and oxygen atoms in total. The van der Waals surface area contributed by atoms with Crippen LogP contribution in [0.5, 0.6) is 0 Å². The summed E-state index contributed by atoms with van der Waals surface area (Å²) in [5.41, 5.74) is 0. The van der Waals surface area contributed by atoms with E-state index in [0.29, 0.717) is 6.42 Å². The lowest BCUT2D eigenvalue weighted by molar-refractivity contribution is -0.170. The third-order valence-corrected chi connectivity index (χ3v) is 2.75. The molecule has 2 amide bonds. The number of carbonyl (C=O) groups is 1. The van der Waals surface area contributed by atoms with Gasteiger partial charge in [-0.05, 0) is 27.2 Å². The highest BCUT2D eigenvalue weighted by atomic mass is 16.6. The van der Waals surface area contributed by atoms with E-state index in [1.165, 1.54) is 0 Å². The third kappa shape index (κ3) is 3.64. The molecule has 3 atom stereocenters. The van der Waals surface area contributed by atoms with Gasteiger partial charge in [0.15, 0.2) is 6.29 Å². The highest BCUT2D eigenvalue weighted by molar-refractivity contribution is 5.74. The zero-order valence-electron chi connectivity index (χ0n) is 10.4. The van der Waals surface area contributed by atoms with Crippen molar-refractivity contribution in [1.29, 1.82) is 0 Å². The number of nitrogens with one attached hydrogen (secondary N) is 1. The molecule has 0 spiro atoms. The Bertz CT molecular complexity index is 235. The van der Waals surface area contributed by atoms with Gasteiger partial charge in [0.1, 0.15) is 0 Å². The van der Waals surface area contributed by atoms with Crippen LogP contribution in [0.15, 0.2) is 0 Å². The number of rotatable bonds is 2. The van der Waals surface area contributed by atoms with E-state index >= 15 is 0 Å². The number of aliphatic hydroxyl groups is 1. The van der Waals surface area contributed by atoms with E-state index in [1.54, 1.807) is 11.9 Å². The maximum absolute atomic E-state index is 11.8. The number of aliphatic hydroxyl groups excluding tert-OH is 1. The standard InChI is InChI=1S/C11H22N2O3/c1-7(2)12-11(15)13(4)9-5-8(3)16-10(14)6-9/h7-10,14H,5-6H2,1-4H3,(H,12,15)/t8-,9+,10-/m1/s1. The largest absolute Gasteiger partial charge is 0.368 e. The van der Waals surface area contributed by atoms with Gasteiger partial charge in [0.2, 0.25) is 0 Å². The molecule has 94 valence electrons. The van der Waals surface area contributed by atoms with Crippen LogP contribution in [0.2, 0.25) is 0 Å². The summed E-state index contributed by atoms with van der Waals surface area (Å²) in [5, 5.41) is 12.3. The molecule has 1 fully saturated rings. The Kier molecular flexibility index (Phi) is 4.56. The molecule has 0 radical (unpaired) electrons. The number of urea groups is 1. The molecule has 5 heteroatoms. The van der Waals surface area contributed by atoms with Crippen LogP contribution >= 0.6 is 0 Å². The zero-order chi connectivity index (χ0) is 12.3. The van der Waals surface area contributed by atoms with E-state index in [0.717, 1.165) is 6.42 Å². The molecule has 1 rings (SSSR count). The number of hydrogen-bond acceptors (Lipinski definition) is 3. The first-order chi connectivity index (χ1) is 7.40. The molecule has 1 saturated heterocycles. The summed E-state index contributed by atoms with van der Waals surface area (Å²) in [7, 11) is 1.76. The van der Waals surface area contributed by atoms with Crippen LogP contribution in [0, 0.1) is 0 Å². The van der Waals surface area contributed by atoms with Gasteiger partial charge in [-0.15, -0.1) is 0 Å². The topological polar surface area (TPSA) is 61.8 Å². The van der Waals surface area contributed by atoms with Gasteiger partial charge in [-0.3, -0.25) is 0 Å². The van der Waals surface area contributed by atoms with Crippen LogP contribution in [-0.4, -0.2) is 47.6 Å². The second-order valence-electron chi connectivity index (χ2n) is 4.74. The van der Waals surface area contributed by atoms with Crippen molar-refractivity contribution in [3.05, 3.63) is 0 Å². The molecular weight excluding hydrogens is 208 g/mol. The summed E-state index contributed by atoms with van der Waals surface area (Å²) in [6, 6.07) is 0.0657. The number of nitrogens with zero attached hydrogens (tertiary/aromatic N) is 1. The van der Waals surface area contributed by atoms with Gasteiger partial charge >= 0.3 is 6.03 Å². The first kappa shape index (κ1) is 13.3. The molecule has 0 unspecified atom stereocenters. The van der Waals surface area contributed by atoms with Crippen LogP contribution in [0.3, 0.4) is 0 Å². The Hall–Kier alpha value is -0.810. The van der Waals surface area contributed by atoms with Gasteiger partial charge in [0.25, 0.3) is 0 Å². The normalized spacial score (nSPS) is 30.2. The fourth-order valence-corrected chi connectivity index (χ4v) is 1.92. The molecule has 1 aliphatic heterocycles. The van der Waals surface area contributed by atoms with Crippen molar-refractivity contribution in [2.24, 2.45) is 0 Å². The average Bonchev–Trinajstić information content (AvgIpc) is 2.13. The molecule has 0 aliphatic carbocycles. The number of amides is 2. The minimum atomic E-state index is -0.761. The van der Waals surface area contributed by atoms with E-state index in [9.17, 15) is 9.90 Å². The van der Waals surface area contributed by atoms with Crippen LogP contribution in [-0.2, 0) is 4.74 Å². The van der Waals surface area contributed by atoms with E-state index in [1.807, 2.05) is 20.8 Å². The predicted octanol–water partition coefficient (Wildman–Crippen LogP) is 0.922. The number of hydrogen-bond donors (Lipinski definition) is 2. The van der Waals surface area contributed by atoms with Crippen molar-refractivity contribution < 1.29 is 14.6 Å². The quantitative estimate of drug-likeness (QED) is 0.741. The number of ether oxygens (including phenoxy) is 1. The van der Waals surface area contributed by atoms with E-state index in [-0.39, 0.29) is 24.2 Å². The van der Waals surface area contributed by atoms with E-state index < -0.39 is 6.29 Å². The SMILES string of the molecule is CC(C)NC(=O)N(C)[C@H]1C[C@@H](C)O[C@@H](O)C1. The van der Waals surface area contributed by atoms with Crippen molar-refractivity contribution in [3.8, 4) is 0 Å². The summed E-state index contributed by atoms with van der Waals surface area (Å²) in [5.74, 6) is 0. The monoisotopic (exact) mass is 230 g/mol. The van der Waals surface area contributed by atoms with Gasteiger partial charge in [-0.1, -0.05) is 0 Å². The lowest BCUT2D eigenvalue weighted by Gasteiger charge is -2.36. The molecule has 0 bridgehead atoms. The van der Waals surface area contributed by atoms with Crippen molar-refractivity contribution in [3.63, 3.8) is 0 Å². The van der Waals surface area contributed by atoms with Gasteiger partial charge < -0.3 is 20.1 Å². The molecule has 0 aromatic heterocycles. The van der Waals surface area contributed by atoms with Gasteiger partial charge in [-0.2, -0.15) is 0 Å². The first-order valence-corrected chi connectivity index (χ1v) is 5.77. The van der Waals surface area contributed by atoms with Gasteiger partial charge in [-0.25, -0.2) is 4.79 Å². The lowest BCUT2D eigenvalue weighted by atomic mass is 10.0. The highest BCUT2D eigenvalue weighted by Crippen LogP contribution is 2.21. The minimum absolute atomic E-state index is 0.0111. The maximum atomic E-state index is 11.8. The molecule has 16 heavy (non-hydrogen) atoms. The van der Waals surface area contributed by atoms with Crippen LogP contribution < -0.4 is 5.32 Å². The van der Waals surface area contributed by atoms with Crippen molar-refractivity contribution in [2.45, 2.75) is 58.1 Å². The van der Waals surface area contributed by atoms with Gasteiger partial charge in [0, 0.05) is 25.6 Å². The summed E-state index contributed by atoms with van der Waals surface area (Å²) < 4.78 is 5.22. The van der Waals surface area contributed by atoms with Crippen molar-refractivity contribution in [2.75, 3.05) is 7.05 Å². The lowest BCUT2D eigenvalue weighted by Crippen LogP contribution is -2.50. The van der Waals surface area contributed by atoms with Crippen molar-refractivity contribution in [1.82, 2.24) is 10.2 Å². The average molecular weight is 230 g/mol. The van der Waals surface area contributed by atoms with Crippen molar-refractivity contribution >= 4 is 6.03 Å². The Morgan fingerprint density at radius 2 is 2.12 bits per heavy atom. The van der Waals surface area contributed by atoms with E-state index in [4.69, 9.17) is 4.74 Å². The molecule has 0 aromatic carbocycles. The highest BCUT2D eigenvalue weighted by Gasteiger charge is 2.30. The third-order valence-electron chi connectivity index (χ3n) is 2.75. The van der Waals surface area contributed by atoms with E-state index in [2.05, 4.69) is 5.32 Å². The fourth-order valence-electron chi connectivity index (χ4n) is 1.92. The molecule has 0 aromatic rings. The van der Waals surface area contributed by atoms with Crippen LogP contribution in [0.4, 0.5) is 4.79 Å². The second kappa shape index (κ2) is 5.50. The zero-order valence-corrected chi connectivity index (χ0v) is 10.4. The summed E-state index contributed by atoms with van der Waals surface area (Å²) >= 11 is 0. The minimum Gasteiger partial charge on any atom is -0.368 e. The van der Waals surface area contributed by atoms with Gasteiger partial charge in [0.05, 0.1) is 6.10 Å². The summed E-state index contributed by atoms with van der Waals surface area (Å²) in [6.07, 6.45) is 0.469. The van der Waals surface area contributed by atoms with Crippen LogP contribution in [0.25, 0.3) is 0 Å². The van der Waals surface area contributed by atoms with Crippen LogP contribution in [0.1, 0.15) is 33.6 Å². The summed E-state index contributed by atoms with van der Waals surface area (Å²) in [6.45, 7) is 5.75. The predicted molar refractivity (Wildman–Crippen MR) is 61.0 cm³/mol.